The van der Waals surface area contributed by atoms with Crippen LogP contribution in [-0.4, -0.2) is 28.1 Å². The van der Waals surface area contributed by atoms with Crippen molar-refractivity contribution in [3.05, 3.63) is 76.7 Å². The zero-order chi connectivity index (χ0) is 21.5. The van der Waals surface area contributed by atoms with Crippen molar-refractivity contribution in [3.8, 4) is 5.75 Å². The van der Waals surface area contributed by atoms with Gasteiger partial charge in [0.25, 0.3) is 0 Å². The maximum atomic E-state index is 13.6. The Hall–Kier alpha value is -3.19. The van der Waals surface area contributed by atoms with Crippen molar-refractivity contribution in [2.75, 3.05) is 11.9 Å². The number of nitrogens with one attached hydrogen (secondary N) is 1. The van der Waals surface area contributed by atoms with Crippen LogP contribution >= 0.6 is 11.6 Å². The third-order valence-corrected chi connectivity index (χ3v) is 4.66. The lowest BCUT2D eigenvalue weighted by molar-refractivity contribution is -0.116. The first kappa shape index (κ1) is 21.5. The van der Waals surface area contributed by atoms with Crippen molar-refractivity contribution >= 4 is 29.1 Å². The SMILES string of the molecule is CC(=O)c1cccc(OCCCC(=O)Nc2ccnn2Cc2ccc(Cl)c(F)c2)c1. The van der Waals surface area contributed by atoms with Gasteiger partial charge in [0.15, 0.2) is 5.78 Å². The van der Waals surface area contributed by atoms with Crippen LogP contribution in [0.25, 0.3) is 0 Å². The number of benzene rings is 2. The molecule has 0 atom stereocenters. The van der Waals surface area contributed by atoms with Crippen molar-refractivity contribution in [3.63, 3.8) is 0 Å². The van der Waals surface area contributed by atoms with Crippen molar-refractivity contribution in [2.45, 2.75) is 26.3 Å². The molecule has 0 fully saturated rings. The van der Waals surface area contributed by atoms with E-state index in [0.29, 0.717) is 42.3 Å². The third kappa shape index (κ3) is 5.90. The molecule has 2 aromatic carbocycles. The number of rotatable bonds is 9. The van der Waals surface area contributed by atoms with Gasteiger partial charge in [-0.2, -0.15) is 5.10 Å². The van der Waals surface area contributed by atoms with Crippen LogP contribution in [0, 0.1) is 5.82 Å². The lowest BCUT2D eigenvalue weighted by atomic mass is 10.1. The Bertz CT molecular complexity index is 1050. The second-order valence-electron chi connectivity index (χ2n) is 6.71. The van der Waals surface area contributed by atoms with Gasteiger partial charge in [0.2, 0.25) is 5.91 Å². The van der Waals surface area contributed by atoms with Crippen LogP contribution < -0.4 is 10.1 Å². The van der Waals surface area contributed by atoms with E-state index in [9.17, 15) is 14.0 Å². The Labute approximate surface area is 178 Å². The first-order chi connectivity index (χ1) is 14.4. The Kier molecular flexibility index (Phi) is 7.19. The highest BCUT2D eigenvalue weighted by Gasteiger charge is 2.09. The van der Waals surface area contributed by atoms with Crippen LogP contribution in [-0.2, 0) is 11.3 Å². The van der Waals surface area contributed by atoms with Crippen LogP contribution in [0.15, 0.2) is 54.7 Å². The van der Waals surface area contributed by atoms with Crippen LogP contribution in [0.2, 0.25) is 5.02 Å². The number of nitrogens with zero attached hydrogens (tertiary/aromatic N) is 2. The molecule has 0 spiro atoms. The smallest absolute Gasteiger partial charge is 0.225 e. The number of carbonyl (C=O) groups excluding carboxylic acids is 2. The van der Waals surface area contributed by atoms with E-state index in [4.69, 9.17) is 16.3 Å². The predicted molar refractivity (Wildman–Crippen MR) is 113 cm³/mol. The molecule has 3 aromatic rings. The summed E-state index contributed by atoms with van der Waals surface area (Å²) in [5, 5.41) is 7.03. The zero-order valence-electron chi connectivity index (χ0n) is 16.4. The van der Waals surface area contributed by atoms with Gasteiger partial charge in [-0.05, 0) is 43.2 Å². The molecule has 0 aliphatic carbocycles. The van der Waals surface area contributed by atoms with Crippen LogP contribution in [0.4, 0.5) is 10.2 Å². The number of halogens is 2. The van der Waals surface area contributed by atoms with Crippen molar-refractivity contribution in [1.82, 2.24) is 9.78 Å². The average molecular weight is 430 g/mol. The number of anilines is 1. The summed E-state index contributed by atoms with van der Waals surface area (Å²) in [6.45, 7) is 2.14. The van der Waals surface area contributed by atoms with Gasteiger partial charge >= 0.3 is 0 Å². The van der Waals surface area contributed by atoms with Gasteiger partial charge in [0.05, 0.1) is 24.4 Å². The number of hydrogen-bond acceptors (Lipinski definition) is 4. The Morgan fingerprint density at radius 3 is 2.80 bits per heavy atom. The molecule has 0 unspecified atom stereocenters. The van der Waals surface area contributed by atoms with Crippen molar-refractivity contribution in [1.29, 1.82) is 0 Å². The van der Waals surface area contributed by atoms with E-state index in [2.05, 4.69) is 10.4 Å². The van der Waals surface area contributed by atoms with Gasteiger partial charge in [0.1, 0.15) is 17.4 Å². The van der Waals surface area contributed by atoms with Gasteiger partial charge < -0.3 is 10.1 Å². The van der Waals surface area contributed by atoms with E-state index in [1.54, 1.807) is 47.3 Å². The molecule has 1 aromatic heterocycles. The number of ketones is 1. The lowest BCUT2D eigenvalue weighted by Gasteiger charge is -2.10. The molecule has 156 valence electrons. The molecule has 8 heteroatoms. The molecular weight excluding hydrogens is 409 g/mol. The quantitative estimate of drug-likeness (QED) is 0.394. The van der Waals surface area contributed by atoms with E-state index in [1.807, 2.05) is 0 Å². The molecule has 0 radical (unpaired) electrons. The molecule has 1 amide bonds. The average Bonchev–Trinajstić information content (AvgIpc) is 3.14. The number of aromatic nitrogens is 2. The Morgan fingerprint density at radius 2 is 2.03 bits per heavy atom. The number of ether oxygens (including phenoxy) is 1. The van der Waals surface area contributed by atoms with Crippen LogP contribution in [0.3, 0.4) is 0 Å². The van der Waals surface area contributed by atoms with Crippen LogP contribution in [0.5, 0.6) is 5.75 Å². The first-order valence-corrected chi connectivity index (χ1v) is 9.79. The summed E-state index contributed by atoms with van der Waals surface area (Å²) < 4.78 is 20.8. The van der Waals surface area contributed by atoms with Crippen molar-refractivity contribution in [2.24, 2.45) is 0 Å². The van der Waals surface area contributed by atoms with E-state index in [0.717, 1.165) is 0 Å². The standard InChI is InChI=1S/C22H21ClFN3O3/c1-15(28)17-4-2-5-18(13-17)30-11-3-6-22(29)26-21-9-10-25-27(21)14-16-7-8-19(23)20(24)12-16/h2,4-5,7-10,12-13H,3,6,11,14H2,1H3,(H,26,29). The zero-order valence-corrected chi connectivity index (χ0v) is 17.2. The molecule has 1 N–H and O–H groups in total. The molecule has 6 nitrogen and oxygen atoms in total. The maximum absolute atomic E-state index is 13.6. The molecular formula is C22H21ClFN3O3. The highest BCUT2D eigenvalue weighted by Crippen LogP contribution is 2.18. The second kappa shape index (κ2) is 10.0. The van der Waals surface area contributed by atoms with Gasteiger partial charge in [0, 0.05) is 18.1 Å². The minimum absolute atomic E-state index is 0.0298. The van der Waals surface area contributed by atoms with Gasteiger partial charge in [-0.3, -0.25) is 9.59 Å². The number of Topliss-reactive ketones (excluding diaryl/α,β-unsaturated/α-hetero) is 1. The summed E-state index contributed by atoms with van der Waals surface area (Å²) in [5.41, 5.74) is 1.26. The lowest BCUT2D eigenvalue weighted by Crippen LogP contribution is -2.16. The van der Waals surface area contributed by atoms with E-state index >= 15 is 0 Å². The monoisotopic (exact) mass is 429 g/mol. The second-order valence-corrected chi connectivity index (χ2v) is 7.11. The van der Waals surface area contributed by atoms with Gasteiger partial charge in [-0.1, -0.05) is 29.8 Å². The highest BCUT2D eigenvalue weighted by atomic mass is 35.5. The third-order valence-electron chi connectivity index (χ3n) is 4.36. The fourth-order valence-electron chi connectivity index (χ4n) is 2.81. The Morgan fingerprint density at radius 1 is 1.20 bits per heavy atom. The topological polar surface area (TPSA) is 73.2 Å². The molecule has 0 aliphatic rings. The highest BCUT2D eigenvalue weighted by molar-refractivity contribution is 6.30. The van der Waals surface area contributed by atoms with Gasteiger partial charge in [-0.25, -0.2) is 9.07 Å². The normalized spacial score (nSPS) is 10.6. The molecule has 30 heavy (non-hydrogen) atoms. The minimum Gasteiger partial charge on any atom is -0.494 e. The summed E-state index contributed by atoms with van der Waals surface area (Å²) in [6.07, 6.45) is 2.33. The largest absolute Gasteiger partial charge is 0.494 e. The number of hydrogen-bond donors (Lipinski definition) is 1. The van der Waals surface area contributed by atoms with E-state index in [-0.39, 0.29) is 23.1 Å². The van der Waals surface area contributed by atoms with Crippen LogP contribution in [0.1, 0.15) is 35.7 Å². The fourth-order valence-corrected chi connectivity index (χ4v) is 2.93. The van der Waals surface area contributed by atoms with Crippen molar-refractivity contribution < 1.29 is 18.7 Å². The number of amides is 1. The molecule has 0 saturated carbocycles. The van der Waals surface area contributed by atoms with Gasteiger partial charge in [-0.15, -0.1) is 0 Å². The Balaban J connectivity index is 1.47. The fraction of sp³-hybridized carbons (Fsp3) is 0.227. The molecule has 0 bridgehead atoms. The summed E-state index contributed by atoms with van der Waals surface area (Å²) in [7, 11) is 0. The number of carbonyl (C=O) groups is 2. The summed E-state index contributed by atoms with van der Waals surface area (Å²) in [4.78, 5) is 23.6. The molecule has 0 aliphatic heterocycles. The maximum Gasteiger partial charge on any atom is 0.225 e. The minimum atomic E-state index is -0.499. The molecule has 0 saturated heterocycles. The first-order valence-electron chi connectivity index (χ1n) is 9.42. The summed E-state index contributed by atoms with van der Waals surface area (Å²) >= 11 is 5.70. The predicted octanol–water partition coefficient (Wildman–Crippen LogP) is 4.72. The van der Waals surface area contributed by atoms with E-state index < -0.39 is 5.82 Å². The summed E-state index contributed by atoms with van der Waals surface area (Å²) in [5.74, 6) is 0.403. The molecule has 3 rings (SSSR count). The molecule has 1 heterocycles. The van der Waals surface area contributed by atoms with E-state index in [1.165, 1.54) is 19.1 Å². The summed E-state index contributed by atoms with van der Waals surface area (Å²) in [6, 6.07) is 13.1.